The van der Waals surface area contributed by atoms with Crippen molar-refractivity contribution in [1.82, 2.24) is 14.5 Å². The zero-order chi connectivity index (χ0) is 12.9. The van der Waals surface area contributed by atoms with Crippen molar-refractivity contribution in [2.24, 2.45) is 7.05 Å². The van der Waals surface area contributed by atoms with E-state index in [0.29, 0.717) is 13.1 Å². The molecule has 2 aromatic rings. The van der Waals surface area contributed by atoms with Crippen LogP contribution in [0, 0.1) is 0 Å². The van der Waals surface area contributed by atoms with Crippen molar-refractivity contribution in [2.75, 3.05) is 6.54 Å². The van der Waals surface area contributed by atoms with E-state index in [9.17, 15) is 4.79 Å². The van der Waals surface area contributed by atoms with Gasteiger partial charge in [-0.3, -0.25) is 0 Å². The summed E-state index contributed by atoms with van der Waals surface area (Å²) in [4.78, 5) is 17.0. The Morgan fingerprint density at radius 3 is 3.00 bits per heavy atom. The molecule has 1 aliphatic rings. The van der Waals surface area contributed by atoms with E-state index in [0.717, 1.165) is 27.6 Å². The average Bonchev–Trinajstić information content (AvgIpc) is 2.62. The van der Waals surface area contributed by atoms with Gasteiger partial charge in [-0.2, -0.15) is 0 Å². The molecule has 0 radical (unpaired) electrons. The zero-order valence-corrected chi connectivity index (χ0v) is 11.4. The maximum absolute atomic E-state index is 11.1. The Bertz CT molecular complexity index is 650. The number of aromatic nitrogens is 2. The second kappa shape index (κ2) is 3.98. The van der Waals surface area contributed by atoms with Crippen molar-refractivity contribution >= 4 is 33.1 Å². The Kier molecular flexibility index (Phi) is 2.55. The molecule has 0 unspecified atom stereocenters. The van der Waals surface area contributed by atoms with Crippen molar-refractivity contribution in [3.05, 3.63) is 28.0 Å². The fourth-order valence-electron chi connectivity index (χ4n) is 2.57. The third-order valence-electron chi connectivity index (χ3n) is 3.48. The molecule has 3 heterocycles. The lowest BCUT2D eigenvalue weighted by Crippen LogP contribution is -2.34. The Labute approximate surface area is 112 Å². The quantitative estimate of drug-likeness (QED) is 0.760. The molecule has 0 saturated heterocycles. The van der Waals surface area contributed by atoms with Crippen LogP contribution in [0.1, 0.15) is 11.3 Å². The summed E-state index contributed by atoms with van der Waals surface area (Å²) in [6.45, 7) is 0.999. The van der Waals surface area contributed by atoms with Gasteiger partial charge in [0, 0.05) is 36.7 Å². The fourth-order valence-corrected chi connectivity index (χ4v) is 2.87. The second-order valence-corrected chi connectivity index (χ2v) is 5.26. The molecule has 18 heavy (non-hydrogen) atoms. The van der Waals surface area contributed by atoms with E-state index in [1.807, 2.05) is 19.2 Å². The van der Waals surface area contributed by atoms with Crippen LogP contribution in [0.25, 0.3) is 11.0 Å². The molecule has 0 aromatic carbocycles. The highest BCUT2D eigenvalue weighted by molar-refractivity contribution is 9.10. The number of fused-ring (bicyclic) bond motifs is 3. The first kappa shape index (κ1) is 11.5. The maximum Gasteiger partial charge on any atom is 0.407 e. The molecule has 1 amide bonds. The van der Waals surface area contributed by atoms with E-state index < -0.39 is 6.09 Å². The van der Waals surface area contributed by atoms with Crippen LogP contribution in [0.4, 0.5) is 4.79 Å². The Morgan fingerprint density at radius 2 is 2.28 bits per heavy atom. The van der Waals surface area contributed by atoms with Gasteiger partial charge in [0.1, 0.15) is 10.3 Å². The minimum Gasteiger partial charge on any atom is -0.465 e. The first-order chi connectivity index (χ1) is 8.58. The molecule has 0 spiro atoms. The number of aryl methyl sites for hydroxylation is 1. The van der Waals surface area contributed by atoms with Gasteiger partial charge >= 0.3 is 6.09 Å². The number of nitrogens with zero attached hydrogens (tertiary/aromatic N) is 3. The van der Waals surface area contributed by atoms with Gasteiger partial charge < -0.3 is 14.6 Å². The van der Waals surface area contributed by atoms with E-state index in [1.54, 1.807) is 0 Å². The highest BCUT2D eigenvalue weighted by Gasteiger charge is 2.25. The van der Waals surface area contributed by atoms with Crippen molar-refractivity contribution in [3.63, 3.8) is 0 Å². The van der Waals surface area contributed by atoms with Gasteiger partial charge in [-0.15, -0.1) is 0 Å². The monoisotopic (exact) mass is 309 g/mol. The summed E-state index contributed by atoms with van der Waals surface area (Å²) in [6.07, 6.45) is -0.116. The van der Waals surface area contributed by atoms with E-state index in [1.165, 1.54) is 10.6 Å². The lowest BCUT2D eigenvalue weighted by atomic mass is 10.1. The summed E-state index contributed by atoms with van der Waals surface area (Å²) < 4.78 is 2.86. The summed E-state index contributed by atoms with van der Waals surface area (Å²) in [5, 5.41) is 10.1. The smallest absolute Gasteiger partial charge is 0.407 e. The van der Waals surface area contributed by atoms with Gasteiger partial charge in [-0.1, -0.05) is 0 Å². The summed E-state index contributed by atoms with van der Waals surface area (Å²) in [5.74, 6) is 0. The predicted octanol–water partition coefficient (Wildman–Crippen LogP) is 2.37. The van der Waals surface area contributed by atoms with Crippen LogP contribution < -0.4 is 0 Å². The molecule has 94 valence electrons. The number of carbonyl (C=O) groups is 1. The predicted molar refractivity (Wildman–Crippen MR) is 70.6 cm³/mol. The van der Waals surface area contributed by atoms with Crippen LogP contribution in [0.15, 0.2) is 16.7 Å². The lowest BCUT2D eigenvalue weighted by molar-refractivity contribution is 0.139. The molecule has 0 bridgehead atoms. The highest BCUT2D eigenvalue weighted by Crippen LogP contribution is 2.30. The third-order valence-corrected chi connectivity index (χ3v) is 3.92. The lowest BCUT2D eigenvalue weighted by Gasteiger charge is -2.25. The van der Waals surface area contributed by atoms with Crippen LogP contribution in [-0.4, -0.2) is 32.2 Å². The van der Waals surface area contributed by atoms with E-state index in [-0.39, 0.29) is 0 Å². The van der Waals surface area contributed by atoms with Crippen LogP contribution in [-0.2, 0) is 20.0 Å². The summed E-state index contributed by atoms with van der Waals surface area (Å²) >= 11 is 3.37. The van der Waals surface area contributed by atoms with E-state index in [4.69, 9.17) is 5.11 Å². The first-order valence-corrected chi connectivity index (χ1v) is 6.48. The Hall–Kier alpha value is -1.56. The maximum atomic E-state index is 11.1. The van der Waals surface area contributed by atoms with Gasteiger partial charge in [0.05, 0.1) is 6.54 Å². The van der Waals surface area contributed by atoms with Gasteiger partial charge in [0.2, 0.25) is 0 Å². The molecule has 3 rings (SSSR count). The molecule has 1 aliphatic heterocycles. The largest absolute Gasteiger partial charge is 0.465 e. The molecule has 6 heteroatoms. The highest BCUT2D eigenvalue weighted by atomic mass is 79.9. The zero-order valence-electron chi connectivity index (χ0n) is 9.85. The number of carboxylic acid groups (broad SMARTS) is 1. The van der Waals surface area contributed by atoms with Gasteiger partial charge in [0.15, 0.2) is 0 Å². The second-order valence-electron chi connectivity index (χ2n) is 4.44. The molecule has 0 fully saturated rings. The van der Waals surface area contributed by atoms with Gasteiger partial charge in [-0.05, 0) is 28.1 Å². The van der Waals surface area contributed by atoms with Gasteiger partial charge in [0.25, 0.3) is 0 Å². The van der Waals surface area contributed by atoms with Crippen molar-refractivity contribution < 1.29 is 9.90 Å². The molecule has 2 aromatic heterocycles. The van der Waals surface area contributed by atoms with Crippen molar-refractivity contribution in [3.8, 4) is 0 Å². The number of pyridine rings is 1. The summed E-state index contributed by atoms with van der Waals surface area (Å²) in [6, 6.07) is 3.89. The minimum atomic E-state index is -0.859. The number of halogens is 1. The molecular weight excluding hydrogens is 298 g/mol. The normalized spacial score (nSPS) is 14.9. The summed E-state index contributed by atoms with van der Waals surface area (Å²) in [7, 11) is 1.98. The average molecular weight is 310 g/mol. The van der Waals surface area contributed by atoms with E-state index in [2.05, 4.69) is 25.5 Å². The Balaban J connectivity index is 2.19. The minimum absolute atomic E-state index is 0.450. The molecule has 5 nitrogen and oxygen atoms in total. The number of hydrogen-bond acceptors (Lipinski definition) is 2. The topological polar surface area (TPSA) is 58.4 Å². The number of rotatable bonds is 0. The molecular formula is C12H12BrN3O2. The van der Waals surface area contributed by atoms with E-state index >= 15 is 0 Å². The van der Waals surface area contributed by atoms with Crippen LogP contribution in [0.2, 0.25) is 0 Å². The number of hydrogen-bond donors (Lipinski definition) is 1. The number of amides is 1. The first-order valence-electron chi connectivity index (χ1n) is 5.68. The van der Waals surface area contributed by atoms with Crippen molar-refractivity contribution in [1.29, 1.82) is 0 Å². The van der Waals surface area contributed by atoms with Gasteiger partial charge in [-0.25, -0.2) is 9.78 Å². The van der Waals surface area contributed by atoms with Crippen molar-refractivity contribution in [2.45, 2.75) is 13.0 Å². The molecule has 0 saturated carbocycles. The van der Waals surface area contributed by atoms with Crippen LogP contribution in [0.3, 0.4) is 0 Å². The third kappa shape index (κ3) is 1.59. The van der Waals surface area contributed by atoms with Crippen LogP contribution >= 0.6 is 15.9 Å². The Morgan fingerprint density at radius 1 is 1.50 bits per heavy atom. The fraction of sp³-hybridized carbons (Fsp3) is 0.333. The molecule has 1 N–H and O–H groups in total. The molecule has 0 atom stereocenters. The standard InChI is InChI=1S/C12H12BrN3O2/c1-15-9-4-5-16(12(17)18)6-8(9)7-2-3-10(13)14-11(7)15/h2-3H,4-6H2,1H3,(H,17,18). The van der Waals surface area contributed by atoms with Crippen LogP contribution in [0.5, 0.6) is 0 Å². The SMILES string of the molecule is Cn1c2c(c3ccc(Br)nc31)CN(C(=O)O)CC2. The molecule has 0 aliphatic carbocycles. The summed E-state index contributed by atoms with van der Waals surface area (Å²) in [5.41, 5.74) is 3.18.